The molecule has 7 heteroatoms. The molecule has 25 heavy (non-hydrogen) atoms. The highest BCUT2D eigenvalue weighted by Crippen LogP contribution is 2.28. The van der Waals surface area contributed by atoms with E-state index >= 15 is 0 Å². The molecule has 0 saturated heterocycles. The number of nitrogens with zero attached hydrogens (tertiary/aromatic N) is 2. The highest BCUT2D eigenvalue weighted by Gasteiger charge is 2.21. The molecule has 2 aromatic rings. The number of carbonyl (C=O) groups is 1. The monoisotopic (exact) mass is 375 g/mol. The first kappa shape index (κ1) is 18.1. The zero-order chi connectivity index (χ0) is 17.6. The maximum Gasteiger partial charge on any atom is 0.268 e. The molecule has 1 N–H and O–H groups in total. The highest BCUT2D eigenvalue weighted by atomic mass is 32.2. The minimum atomic E-state index is -0.0345. The van der Waals surface area contributed by atoms with Crippen molar-refractivity contribution in [1.29, 1.82) is 0 Å². The molecule has 0 bridgehead atoms. The average molecular weight is 376 g/mol. The molecule has 3 rings (SSSR count). The summed E-state index contributed by atoms with van der Waals surface area (Å²) in [4.78, 5) is 29.9. The summed E-state index contributed by atoms with van der Waals surface area (Å²) in [7, 11) is 0. The van der Waals surface area contributed by atoms with Crippen LogP contribution in [-0.2, 0) is 24.2 Å². The van der Waals surface area contributed by atoms with Gasteiger partial charge in [0.1, 0.15) is 0 Å². The third kappa shape index (κ3) is 4.46. The largest absolute Gasteiger partial charge is 0.355 e. The maximum atomic E-state index is 12.5. The Morgan fingerprint density at radius 2 is 2.16 bits per heavy atom. The predicted octanol–water partition coefficient (Wildman–Crippen LogP) is 2.36. The molecule has 0 atom stereocenters. The first-order valence-electron chi connectivity index (χ1n) is 8.39. The van der Waals surface area contributed by atoms with E-state index in [0.29, 0.717) is 18.2 Å². The van der Waals surface area contributed by atoms with Crippen LogP contribution in [0.5, 0.6) is 0 Å². The number of nitrogens with one attached hydrogen (secondary N) is 1. The molecule has 1 aromatic carbocycles. The Labute approximate surface area is 155 Å². The van der Waals surface area contributed by atoms with Crippen LogP contribution in [0.15, 0.2) is 45.2 Å². The van der Waals surface area contributed by atoms with Gasteiger partial charge in [-0.1, -0.05) is 42.1 Å². The fraction of sp³-hybridized carbons (Fsp3) is 0.389. The molecular formula is C18H21N3O2S2. The molecule has 132 valence electrons. The summed E-state index contributed by atoms with van der Waals surface area (Å²) in [5, 5.41) is 3.57. The fourth-order valence-electron chi connectivity index (χ4n) is 2.68. The van der Waals surface area contributed by atoms with Crippen molar-refractivity contribution in [3.05, 3.63) is 51.9 Å². The van der Waals surface area contributed by atoms with Crippen molar-refractivity contribution in [3.8, 4) is 0 Å². The van der Waals surface area contributed by atoms with Gasteiger partial charge in [0.05, 0.1) is 16.3 Å². The van der Waals surface area contributed by atoms with E-state index in [-0.39, 0.29) is 17.2 Å². The minimum absolute atomic E-state index is 0.0296. The van der Waals surface area contributed by atoms with Crippen LogP contribution in [0, 0.1) is 0 Å². The summed E-state index contributed by atoms with van der Waals surface area (Å²) in [6, 6.07) is 10.1. The lowest BCUT2D eigenvalue weighted by molar-refractivity contribution is -0.118. The Morgan fingerprint density at radius 3 is 2.92 bits per heavy atom. The molecule has 5 nitrogen and oxygen atoms in total. The SMILES string of the molecule is CCn1c(SCC(=O)NCCc2ccccc2)nc2c(c1=O)SCC2. The van der Waals surface area contributed by atoms with Gasteiger partial charge < -0.3 is 5.32 Å². The van der Waals surface area contributed by atoms with Crippen LogP contribution in [0.3, 0.4) is 0 Å². The van der Waals surface area contributed by atoms with Crippen molar-refractivity contribution in [2.24, 2.45) is 0 Å². The van der Waals surface area contributed by atoms with Gasteiger partial charge in [-0.15, -0.1) is 11.8 Å². The Bertz CT molecular complexity index is 806. The number of amides is 1. The maximum absolute atomic E-state index is 12.5. The second-order valence-electron chi connectivity index (χ2n) is 5.69. The Hall–Kier alpha value is -1.73. The van der Waals surface area contributed by atoms with Crippen molar-refractivity contribution in [3.63, 3.8) is 0 Å². The third-order valence-electron chi connectivity index (χ3n) is 3.98. The number of carbonyl (C=O) groups excluding carboxylic acids is 1. The molecule has 0 spiro atoms. The van der Waals surface area contributed by atoms with Crippen molar-refractivity contribution < 1.29 is 4.79 Å². The number of aromatic nitrogens is 2. The second kappa shape index (κ2) is 8.58. The molecule has 0 unspecified atom stereocenters. The van der Waals surface area contributed by atoms with E-state index in [0.717, 1.165) is 29.2 Å². The molecule has 1 aliphatic rings. The standard InChI is InChI=1S/C18H21N3O2S2/c1-2-21-17(23)16-14(9-11-24-16)20-18(21)25-12-15(22)19-10-8-13-6-4-3-5-7-13/h3-7H,2,8-12H2,1H3,(H,19,22). The number of thioether (sulfide) groups is 2. The van der Waals surface area contributed by atoms with Crippen molar-refractivity contribution in [2.45, 2.75) is 36.4 Å². The van der Waals surface area contributed by atoms with E-state index in [9.17, 15) is 9.59 Å². The summed E-state index contributed by atoms with van der Waals surface area (Å²) in [5.74, 6) is 1.15. The zero-order valence-corrected chi connectivity index (χ0v) is 15.8. The molecule has 0 aliphatic carbocycles. The first-order chi connectivity index (χ1) is 12.2. The topological polar surface area (TPSA) is 64.0 Å². The van der Waals surface area contributed by atoms with E-state index in [4.69, 9.17) is 0 Å². The molecule has 0 radical (unpaired) electrons. The Balaban J connectivity index is 1.55. The molecule has 1 aliphatic heterocycles. The lowest BCUT2D eigenvalue weighted by Gasteiger charge is -2.11. The van der Waals surface area contributed by atoms with Crippen LogP contribution in [0.4, 0.5) is 0 Å². The van der Waals surface area contributed by atoms with E-state index in [1.54, 1.807) is 16.3 Å². The highest BCUT2D eigenvalue weighted by molar-refractivity contribution is 8.00. The molecule has 2 heterocycles. The minimum Gasteiger partial charge on any atom is -0.355 e. The van der Waals surface area contributed by atoms with Crippen molar-refractivity contribution >= 4 is 29.4 Å². The van der Waals surface area contributed by atoms with Crippen LogP contribution >= 0.6 is 23.5 Å². The second-order valence-corrected chi connectivity index (χ2v) is 7.74. The van der Waals surface area contributed by atoms with Gasteiger partial charge in [0.25, 0.3) is 5.56 Å². The lowest BCUT2D eigenvalue weighted by atomic mass is 10.1. The van der Waals surface area contributed by atoms with E-state index in [2.05, 4.69) is 10.3 Å². The quantitative estimate of drug-likeness (QED) is 0.595. The summed E-state index contributed by atoms with van der Waals surface area (Å²) < 4.78 is 1.67. The van der Waals surface area contributed by atoms with Crippen LogP contribution in [0.25, 0.3) is 0 Å². The van der Waals surface area contributed by atoms with Gasteiger partial charge >= 0.3 is 0 Å². The summed E-state index contributed by atoms with van der Waals surface area (Å²) in [6.45, 7) is 3.11. The summed E-state index contributed by atoms with van der Waals surface area (Å²) in [5.41, 5.74) is 2.11. The number of benzene rings is 1. The number of hydrogen-bond donors (Lipinski definition) is 1. The van der Waals surface area contributed by atoms with E-state index in [1.165, 1.54) is 17.3 Å². The molecule has 0 fully saturated rings. The average Bonchev–Trinajstić information content (AvgIpc) is 3.10. The predicted molar refractivity (Wildman–Crippen MR) is 102 cm³/mol. The molecule has 1 aromatic heterocycles. The Morgan fingerprint density at radius 1 is 1.36 bits per heavy atom. The molecular weight excluding hydrogens is 354 g/mol. The number of rotatable bonds is 7. The number of fused-ring (bicyclic) bond motifs is 1. The third-order valence-corrected chi connectivity index (χ3v) is 6.06. The van der Waals surface area contributed by atoms with Gasteiger partial charge in [0, 0.05) is 25.3 Å². The first-order valence-corrected chi connectivity index (χ1v) is 10.4. The number of aryl methyl sites for hydroxylation is 1. The Kier molecular flexibility index (Phi) is 6.20. The van der Waals surface area contributed by atoms with Crippen molar-refractivity contribution in [1.82, 2.24) is 14.9 Å². The van der Waals surface area contributed by atoms with Crippen LogP contribution in [-0.4, -0.2) is 33.5 Å². The van der Waals surface area contributed by atoms with Gasteiger partial charge in [-0.2, -0.15) is 0 Å². The summed E-state index contributed by atoms with van der Waals surface area (Å²) >= 11 is 2.92. The fourth-order valence-corrected chi connectivity index (χ4v) is 4.64. The van der Waals surface area contributed by atoms with E-state index < -0.39 is 0 Å². The molecule has 1 amide bonds. The smallest absolute Gasteiger partial charge is 0.268 e. The van der Waals surface area contributed by atoms with Gasteiger partial charge in [-0.05, 0) is 18.9 Å². The van der Waals surface area contributed by atoms with E-state index in [1.807, 2.05) is 37.3 Å². The molecule has 0 saturated carbocycles. The summed E-state index contributed by atoms with van der Waals surface area (Å²) in [6.07, 6.45) is 1.64. The van der Waals surface area contributed by atoms with Crippen molar-refractivity contribution in [2.75, 3.05) is 18.1 Å². The van der Waals surface area contributed by atoms with Crippen LogP contribution in [0.2, 0.25) is 0 Å². The van der Waals surface area contributed by atoms with Crippen LogP contribution in [0.1, 0.15) is 18.2 Å². The zero-order valence-electron chi connectivity index (χ0n) is 14.2. The lowest BCUT2D eigenvalue weighted by Crippen LogP contribution is -2.28. The van der Waals surface area contributed by atoms with Gasteiger partial charge in [0.2, 0.25) is 5.91 Å². The van der Waals surface area contributed by atoms with Gasteiger partial charge in [0.15, 0.2) is 5.16 Å². The van der Waals surface area contributed by atoms with Gasteiger partial charge in [-0.3, -0.25) is 14.2 Å². The van der Waals surface area contributed by atoms with Crippen LogP contribution < -0.4 is 10.9 Å². The number of hydrogen-bond acceptors (Lipinski definition) is 5. The normalized spacial score (nSPS) is 12.8. The van der Waals surface area contributed by atoms with Gasteiger partial charge in [-0.25, -0.2) is 4.98 Å².